The van der Waals surface area contributed by atoms with E-state index in [9.17, 15) is 4.79 Å². The molecule has 1 saturated heterocycles. The van der Waals surface area contributed by atoms with Crippen molar-refractivity contribution >= 4 is 17.5 Å². The molecule has 1 saturated carbocycles. The lowest BCUT2D eigenvalue weighted by Crippen LogP contribution is -2.29. The highest BCUT2D eigenvalue weighted by molar-refractivity contribution is 5.82. The van der Waals surface area contributed by atoms with E-state index in [1.807, 2.05) is 41.3 Å². The number of hydrogen-bond acceptors (Lipinski definition) is 6. The molecule has 3 aromatic rings. The van der Waals surface area contributed by atoms with Crippen LogP contribution in [-0.2, 0) is 4.79 Å². The second-order valence-electron chi connectivity index (χ2n) is 8.02. The molecule has 8 nitrogen and oxygen atoms in total. The molecule has 1 aromatic carbocycles. The van der Waals surface area contributed by atoms with Gasteiger partial charge in [-0.1, -0.05) is 24.3 Å². The standard InChI is InChI=1S/C22H25N7O/c23-21(30)19-11-18(19)16-3-1-2-4-17(16)20-7-10-25-22(28-20)27-14-12-26-29(13-14)15-5-8-24-9-6-15/h1-4,7,10,12-13,15,18-19,24H,5-6,8-9,11H2,(H2,23,30)(H,25,27,28). The van der Waals surface area contributed by atoms with Gasteiger partial charge in [0, 0.05) is 23.9 Å². The van der Waals surface area contributed by atoms with Crippen molar-refractivity contribution in [3.63, 3.8) is 0 Å². The molecule has 0 radical (unpaired) electrons. The number of primary amides is 1. The predicted molar refractivity (Wildman–Crippen MR) is 114 cm³/mol. The molecule has 0 spiro atoms. The lowest BCUT2D eigenvalue weighted by atomic mass is 9.99. The zero-order valence-electron chi connectivity index (χ0n) is 16.7. The second-order valence-corrected chi connectivity index (χ2v) is 8.02. The summed E-state index contributed by atoms with van der Waals surface area (Å²) in [5, 5.41) is 11.2. The first-order chi connectivity index (χ1) is 14.7. The number of nitrogens with one attached hydrogen (secondary N) is 2. The van der Waals surface area contributed by atoms with E-state index in [1.54, 1.807) is 6.20 Å². The van der Waals surface area contributed by atoms with Crippen molar-refractivity contribution in [1.82, 2.24) is 25.1 Å². The Labute approximate surface area is 174 Å². The van der Waals surface area contributed by atoms with Gasteiger partial charge in [0.15, 0.2) is 0 Å². The minimum Gasteiger partial charge on any atom is -0.369 e. The van der Waals surface area contributed by atoms with Crippen LogP contribution in [0.15, 0.2) is 48.9 Å². The van der Waals surface area contributed by atoms with Crippen molar-refractivity contribution in [2.45, 2.75) is 31.2 Å². The van der Waals surface area contributed by atoms with E-state index in [2.05, 4.69) is 26.8 Å². The number of piperidine rings is 1. The number of amides is 1. The van der Waals surface area contributed by atoms with Crippen molar-refractivity contribution in [3.8, 4) is 11.3 Å². The van der Waals surface area contributed by atoms with Crippen LogP contribution >= 0.6 is 0 Å². The zero-order chi connectivity index (χ0) is 20.5. The van der Waals surface area contributed by atoms with Crippen LogP contribution in [0, 0.1) is 5.92 Å². The summed E-state index contributed by atoms with van der Waals surface area (Å²) < 4.78 is 2.03. The van der Waals surface area contributed by atoms with Crippen LogP contribution in [0.2, 0.25) is 0 Å². The fourth-order valence-corrected chi connectivity index (χ4v) is 4.28. The normalized spacial score (nSPS) is 21.3. The summed E-state index contributed by atoms with van der Waals surface area (Å²) in [6, 6.07) is 10.4. The highest BCUT2D eigenvalue weighted by atomic mass is 16.1. The van der Waals surface area contributed by atoms with E-state index in [0.29, 0.717) is 12.0 Å². The number of nitrogens with zero attached hydrogens (tertiary/aromatic N) is 4. The summed E-state index contributed by atoms with van der Waals surface area (Å²) >= 11 is 0. The minimum atomic E-state index is -0.231. The predicted octanol–water partition coefficient (Wildman–Crippen LogP) is 2.60. The molecule has 2 atom stereocenters. The molecule has 2 unspecified atom stereocenters. The molecule has 2 fully saturated rings. The molecule has 8 heteroatoms. The fraction of sp³-hybridized carbons (Fsp3) is 0.364. The third-order valence-corrected chi connectivity index (χ3v) is 5.99. The first-order valence-electron chi connectivity index (χ1n) is 10.4. The molecular weight excluding hydrogens is 378 g/mol. The first kappa shape index (κ1) is 18.7. The maximum Gasteiger partial charge on any atom is 0.227 e. The molecule has 0 bridgehead atoms. The molecule has 5 rings (SSSR count). The van der Waals surface area contributed by atoms with Crippen molar-refractivity contribution in [2.75, 3.05) is 18.4 Å². The van der Waals surface area contributed by atoms with Gasteiger partial charge in [-0.2, -0.15) is 5.10 Å². The van der Waals surface area contributed by atoms with E-state index < -0.39 is 0 Å². The highest BCUT2D eigenvalue weighted by Crippen LogP contribution is 2.49. The van der Waals surface area contributed by atoms with E-state index in [0.717, 1.165) is 54.9 Å². The molecule has 2 aromatic heterocycles. The largest absolute Gasteiger partial charge is 0.369 e. The lowest BCUT2D eigenvalue weighted by molar-refractivity contribution is -0.119. The van der Waals surface area contributed by atoms with Gasteiger partial charge in [0.25, 0.3) is 0 Å². The number of rotatable bonds is 6. The van der Waals surface area contributed by atoms with E-state index >= 15 is 0 Å². The Morgan fingerprint density at radius 1 is 1.20 bits per heavy atom. The second kappa shape index (κ2) is 7.87. The molecule has 30 heavy (non-hydrogen) atoms. The van der Waals surface area contributed by atoms with Crippen molar-refractivity contribution in [2.24, 2.45) is 11.7 Å². The molecule has 1 aliphatic heterocycles. The molecule has 4 N–H and O–H groups in total. The summed E-state index contributed by atoms with van der Waals surface area (Å²) in [5.74, 6) is 0.389. The van der Waals surface area contributed by atoms with Crippen LogP contribution in [0.5, 0.6) is 0 Å². The lowest BCUT2D eigenvalue weighted by Gasteiger charge is -2.22. The Morgan fingerprint density at radius 2 is 2.03 bits per heavy atom. The molecule has 3 heterocycles. The number of aromatic nitrogens is 4. The van der Waals surface area contributed by atoms with Crippen molar-refractivity contribution in [1.29, 1.82) is 0 Å². The van der Waals surface area contributed by atoms with Gasteiger partial charge in [0.05, 0.1) is 23.6 Å². The van der Waals surface area contributed by atoms with Crippen molar-refractivity contribution in [3.05, 3.63) is 54.5 Å². The molecule has 1 aliphatic carbocycles. The number of carbonyl (C=O) groups excluding carboxylic acids is 1. The summed E-state index contributed by atoms with van der Waals surface area (Å²) in [5.41, 5.74) is 9.32. The minimum absolute atomic E-state index is 0.0774. The van der Waals surface area contributed by atoms with Gasteiger partial charge in [0.1, 0.15) is 0 Å². The van der Waals surface area contributed by atoms with Crippen LogP contribution in [0.4, 0.5) is 11.6 Å². The van der Waals surface area contributed by atoms with Crippen LogP contribution in [0.25, 0.3) is 11.3 Å². The quantitative estimate of drug-likeness (QED) is 0.583. The SMILES string of the molecule is NC(=O)C1CC1c1ccccc1-c1ccnc(Nc2cnn(C3CCNCC3)c2)n1. The van der Waals surface area contributed by atoms with Gasteiger partial charge < -0.3 is 16.4 Å². The smallest absolute Gasteiger partial charge is 0.227 e. The number of hydrogen-bond donors (Lipinski definition) is 3. The summed E-state index contributed by atoms with van der Waals surface area (Å²) in [7, 11) is 0. The van der Waals surface area contributed by atoms with Crippen LogP contribution in [0.3, 0.4) is 0 Å². The fourth-order valence-electron chi connectivity index (χ4n) is 4.28. The zero-order valence-corrected chi connectivity index (χ0v) is 16.7. The van der Waals surface area contributed by atoms with Gasteiger partial charge >= 0.3 is 0 Å². The molecule has 1 amide bonds. The van der Waals surface area contributed by atoms with Gasteiger partial charge in [-0.3, -0.25) is 9.48 Å². The Balaban J connectivity index is 1.36. The Bertz CT molecular complexity index is 1060. The Morgan fingerprint density at radius 3 is 2.83 bits per heavy atom. The van der Waals surface area contributed by atoms with Crippen LogP contribution in [-0.4, -0.2) is 38.7 Å². The van der Waals surface area contributed by atoms with Gasteiger partial charge in [0.2, 0.25) is 11.9 Å². The Kier molecular flexibility index (Phi) is 4.92. The van der Waals surface area contributed by atoms with Crippen LogP contribution < -0.4 is 16.4 Å². The number of nitrogens with two attached hydrogens (primary N) is 1. The Hall–Kier alpha value is -3.26. The molecule has 154 valence electrons. The summed E-state index contributed by atoms with van der Waals surface area (Å²) in [6.45, 7) is 2.05. The van der Waals surface area contributed by atoms with Gasteiger partial charge in [-0.25, -0.2) is 9.97 Å². The highest BCUT2D eigenvalue weighted by Gasteiger charge is 2.43. The average molecular weight is 403 g/mol. The average Bonchev–Trinajstić information content (AvgIpc) is 3.46. The van der Waals surface area contributed by atoms with Crippen molar-refractivity contribution < 1.29 is 4.79 Å². The number of carbonyl (C=O) groups is 1. The third-order valence-electron chi connectivity index (χ3n) is 5.99. The topological polar surface area (TPSA) is 111 Å². The maximum atomic E-state index is 11.5. The monoisotopic (exact) mass is 403 g/mol. The number of anilines is 2. The van der Waals surface area contributed by atoms with Gasteiger partial charge in [-0.15, -0.1) is 0 Å². The van der Waals surface area contributed by atoms with E-state index in [1.165, 1.54) is 0 Å². The number of benzene rings is 1. The molecular formula is C22H25N7O. The molecule has 2 aliphatic rings. The van der Waals surface area contributed by atoms with E-state index in [-0.39, 0.29) is 17.7 Å². The van der Waals surface area contributed by atoms with E-state index in [4.69, 9.17) is 10.7 Å². The van der Waals surface area contributed by atoms with Gasteiger partial charge in [-0.05, 0) is 49.9 Å². The summed E-state index contributed by atoms with van der Waals surface area (Å²) in [6.07, 6.45) is 8.54. The van der Waals surface area contributed by atoms with Crippen LogP contribution in [0.1, 0.15) is 36.8 Å². The summed E-state index contributed by atoms with van der Waals surface area (Å²) in [4.78, 5) is 20.6. The first-order valence-corrected chi connectivity index (χ1v) is 10.4. The third kappa shape index (κ3) is 3.78. The maximum absolute atomic E-state index is 11.5.